The molecule has 0 atom stereocenters. The maximum Gasteiger partial charge on any atom is 0.248 e. The number of fused-ring (bicyclic) bond motifs is 1. The van der Waals surface area contributed by atoms with Crippen LogP contribution in [-0.2, 0) is 9.53 Å². The molecule has 0 unspecified atom stereocenters. The summed E-state index contributed by atoms with van der Waals surface area (Å²) in [5.41, 5.74) is 3.23. The van der Waals surface area contributed by atoms with Crippen LogP contribution in [0, 0.1) is 0 Å². The zero-order chi connectivity index (χ0) is 24.0. The molecule has 35 heavy (non-hydrogen) atoms. The first-order valence-electron chi connectivity index (χ1n) is 11.3. The number of hydrogen-bond donors (Lipinski definition) is 2. The van der Waals surface area contributed by atoms with Crippen molar-refractivity contribution in [1.82, 2.24) is 24.9 Å². The molecule has 0 bridgehead atoms. The first-order valence-corrected chi connectivity index (χ1v) is 11.3. The number of nitrogens with one attached hydrogen (secondary N) is 2. The van der Waals surface area contributed by atoms with Crippen LogP contribution < -0.4 is 15.5 Å². The van der Waals surface area contributed by atoms with E-state index in [2.05, 4.69) is 35.5 Å². The summed E-state index contributed by atoms with van der Waals surface area (Å²) < 4.78 is 5.40. The fraction of sp³-hybridized carbons (Fsp3) is 0.200. The lowest BCUT2D eigenvalue weighted by Gasteiger charge is -2.27. The molecule has 4 aromatic rings. The standard InChI is InChI=1S/C25H24N8O2/c1-2-3-22(34)30-18-7-9-26-20(14-18)24-23-17(6-8-27-24)15-29-25(32-23)31-19-4-5-21(28-16-19)33-10-12-35-13-11-33/h2-9,14-16H,10-13H2,1H3,(H,26,30,34)(H,29,31,32). The molecule has 0 aromatic carbocycles. The van der Waals surface area contributed by atoms with Crippen LogP contribution in [0.2, 0.25) is 0 Å². The Hall–Kier alpha value is -4.44. The smallest absolute Gasteiger partial charge is 0.248 e. The van der Waals surface area contributed by atoms with Crippen LogP contribution in [-0.4, -0.2) is 57.1 Å². The molecule has 176 valence electrons. The molecule has 1 saturated heterocycles. The van der Waals surface area contributed by atoms with E-state index >= 15 is 0 Å². The van der Waals surface area contributed by atoms with Crippen molar-refractivity contribution in [2.24, 2.45) is 0 Å². The van der Waals surface area contributed by atoms with E-state index in [1.54, 1.807) is 49.9 Å². The Kier molecular flexibility index (Phi) is 6.53. The van der Waals surface area contributed by atoms with Gasteiger partial charge in [-0.15, -0.1) is 0 Å². The highest BCUT2D eigenvalue weighted by atomic mass is 16.5. The number of amides is 1. The lowest BCUT2D eigenvalue weighted by atomic mass is 10.1. The topological polar surface area (TPSA) is 118 Å². The third-order valence-electron chi connectivity index (χ3n) is 5.43. The number of rotatable bonds is 6. The van der Waals surface area contributed by atoms with Gasteiger partial charge in [0.05, 0.1) is 30.8 Å². The van der Waals surface area contributed by atoms with E-state index in [0.29, 0.717) is 41.8 Å². The van der Waals surface area contributed by atoms with Gasteiger partial charge < -0.3 is 20.3 Å². The molecule has 10 heteroatoms. The lowest BCUT2D eigenvalue weighted by molar-refractivity contribution is -0.111. The van der Waals surface area contributed by atoms with Crippen molar-refractivity contribution < 1.29 is 9.53 Å². The maximum absolute atomic E-state index is 11.9. The molecule has 1 fully saturated rings. The molecule has 1 aliphatic rings. The highest BCUT2D eigenvalue weighted by Gasteiger charge is 2.13. The molecule has 5 rings (SSSR count). The second-order valence-corrected chi connectivity index (χ2v) is 7.84. The second kappa shape index (κ2) is 10.2. The Morgan fingerprint density at radius 1 is 1.00 bits per heavy atom. The van der Waals surface area contributed by atoms with Gasteiger partial charge >= 0.3 is 0 Å². The van der Waals surface area contributed by atoms with E-state index in [4.69, 9.17) is 9.72 Å². The van der Waals surface area contributed by atoms with Gasteiger partial charge in [0, 0.05) is 42.8 Å². The molecule has 0 saturated carbocycles. The number of carbonyl (C=O) groups excluding carboxylic acids is 1. The molecular formula is C25H24N8O2. The minimum atomic E-state index is -0.211. The van der Waals surface area contributed by atoms with Crippen molar-refractivity contribution in [3.8, 4) is 11.4 Å². The number of nitrogens with zero attached hydrogens (tertiary/aromatic N) is 6. The Labute approximate surface area is 202 Å². The highest BCUT2D eigenvalue weighted by Crippen LogP contribution is 2.26. The number of carbonyl (C=O) groups is 1. The summed E-state index contributed by atoms with van der Waals surface area (Å²) in [7, 11) is 0. The Morgan fingerprint density at radius 2 is 1.86 bits per heavy atom. The van der Waals surface area contributed by atoms with Crippen molar-refractivity contribution in [1.29, 1.82) is 0 Å². The summed E-state index contributed by atoms with van der Waals surface area (Å²) in [6.45, 7) is 4.87. The zero-order valence-corrected chi connectivity index (χ0v) is 19.2. The van der Waals surface area contributed by atoms with Crippen LogP contribution in [0.4, 0.5) is 23.1 Å². The predicted molar refractivity (Wildman–Crippen MR) is 135 cm³/mol. The summed E-state index contributed by atoms with van der Waals surface area (Å²) in [6, 6.07) is 9.27. The Balaban J connectivity index is 1.40. The monoisotopic (exact) mass is 468 g/mol. The third kappa shape index (κ3) is 5.22. The van der Waals surface area contributed by atoms with Gasteiger partial charge in [-0.05, 0) is 43.3 Å². The number of allylic oxidation sites excluding steroid dienone is 1. The predicted octanol–water partition coefficient (Wildman–Crippen LogP) is 3.58. The fourth-order valence-electron chi connectivity index (χ4n) is 3.75. The van der Waals surface area contributed by atoms with Crippen molar-refractivity contribution in [2.75, 3.05) is 41.8 Å². The molecule has 1 aliphatic heterocycles. The van der Waals surface area contributed by atoms with Gasteiger partial charge in [0.1, 0.15) is 17.0 Å². The molecule has 10 nitrogen and oxygen atoms in total. The van der Waals surface area contributed by atoms with Gasteiger partial charge in [-0.3, -0.25) is 14.8 Å². The normalized spacial score (nSPS) is 13.8. The molecule has 0 spiro atoms. The summed E-state index contributed by atoms with van der Waals surface area (Å²) in [4.78, 5) is 36.8. The van der Waals surface area contributed by atoms with Gasteiger partial charge in [0.25, 0.3) is 0 Å². The number of hydrogen-bond acceptors (Lipinski definition) is 9. The van der Waals surface area contributed by atoms with Crippen molar-refractivity contribution >= 4 is 40.0 Å². The number of aromatic nitrogens is 5. The van der Waals surface area contributed by atoms with Crippen LogP contribution >= 0.6 is 0 Å². The van der Waals surface area contributed by atoms with Gasteiger partial charge in [-0.25, -0.2) is 15.0 Å². The van der Waals surface area contributed by atoms with Crippen molar-refractivity contribution in [3.05, 3.63) is 67.3 Å². The van der Waals surface area contributed by atoms with Gasteiger partial charge in [0.2, 0.25) is 11.9 Å². The fourth-order valence-corrected chi connectivity index (χ4v) is 3.75. The SMILES string of the molecule is CC=CC(=O)Nc1ccnc(-c2nccc3cnc(Nc4ccc(N5CCOCC5)nc4)nc23)c1. The van der Waals surface area contributed by atoms with Gasteiger partial charge in [-0.2, -0.15) is 0 Å². The van der Waals surface area contributed by atoms with Crippen LogP contribution in [0.5, 0.6) is 0 Å². The summed E-state index contributed by atoms with van der Waals surface area (Å²) in [6.07, 6.45) is 9.97. The number of anilines is 4. The maximum atomic E-state index is 11.9. The van der Waals surface area contributed by atoms with E-state index in [0.717, 1.165) is 30.0 Å². The second-order valence-electron chi connectivity index (χ2n) is 7.84. The average molecular weight is 469 g/mol. The summed E-state index contributed by atoms with van der Waals surface area (Å²) >= 11 is 0. The van der Waals surface area contributed by atoms with E-state index in [1.807, 2.05) is 18.2 Å². The largest absolute Gasteiger partial charge is 0.378 e. The highest BCUT2D eigenvalue weighted by molar-refractivity contribution is 5.99. The summed E-state index contributed by atoms with van der Waals surface area (Å²) in [5, 5.41) is 6.86. The van der Waals surface area contributed by atoms with E-state index in [9.17, 15) is 4.79 Å². The lowest BCUT2D eigenvalue weighted by Crippen LogP contribution is -2.36. The van der Waals surface area contributed by atoms with Crippen molar-refractivity contribution in [3.63, 3.8) is 0 Å². The summed E-state index contributed by atoms with van der Waals surface area (Å²) in [5.74, 6) is 1.13. The molecular weight excluding hydrogens is 444 g/mol. The first-order chi connectivity index (χ1) is 17.2. The third-order valence-corrected chi connectivity index (χ3v) is 5.43. The quantitative estimate of drug-likeness (QED) is 0.409. The number of pyridine rings is 3. The van der Waals surface area contributed by atoms with E-state index in [-0.39, 0.29) is 5.91 Å². The van der Waals surface area contributed by atoms with E-state index in [1.165, 1.54) is 6.08 Å². The molecule has 0 radical (unpaired) electrons. The molecule has 4 aromatic heterocycles. The van der Waals surface area contributed by atoms with Crippen molar-refractivity contribution in [2.45, 2.75) is 6.92 Å². The molecule has 0 aliphatic carbocycles. The van der Waals surface area contributed by atoms with Crippen LogP contribution in [0.25, 0.3) is 22.3 Å². The number of morpholine rings is 1. The number of ether oxygens (including phenoxy) is 1. The van der Waals surface area contributed by atoms with E-state index < -0.39 is 0 Å². The van der Waals surface area contributed by atoms with Crippen LogP contribution in [0.1, 0.15) is 6.92 Å². The Bertz CT molecular complexity index is 1370. The molecule has 1 amide bonds. The minimum Gasteiger partial charge on any atom is -0.378 e. The zero-order valence-electron chi connectivity index (χ0n) is 19.2. The van der Waals surface area contributed by atoms with Crippen LogP contribution in [0.15, 0.2) is 67.3 Å². The Morgan fingerprint density at radius 3 is 2.66 bits per heavy atom. The van der Waals surface area contributed by atoms with Crippen LogP contribution in [0.3, 0.4) is 0 Å². The minimum absolute atomic E-state index is 0.211. The van der Waals surface area contributed by atoms with Gasteiger partial charge in [0.15, 0.2) is 0 Å². The average Bonchev–Trinajstić information content (AvgIpc) is 2.89. The van der Waals surface area contributed by atoms with Gasteiger partial charge in [-0.1, -0.05) is 6.08 Å². The first kappa shape index (κ1) is 22.4. The molecule has 5 heterocycles. The molecule has 2 N–H and O–H groups in total.